The van der Waals surface area contributed by atoms with E-state index in [1.165, 1.54) is 0 Å². The molecule has 160 valence electrons. The summed E-state index contributed by atoms with van der Waals surface area (Å²) in [4.78, 5) is 2.53. The van der Waals surface area contributed by atoms with Crippen LogP contribution in [0.3, 0.4) is 0 Å². The molecule has 2 aromatic rings. The second-order valence-electron chi connectivity index (χ2n) is 7.34. The van der Waals surface area contributed by atoms with Gasteiger partial charge in [-0.25, -0.2) is 13.1 Å². The molecular formula is C21H31N3O4S. The Bertz CT molecular complexity index is 904. The highest BCUT2D eigenvalue weighted by Crippen LogP contribution is 2.24. The molecule has 3 rings (SSSR count). The van der Waals surface area contributed by atoms with Gasteiger partial charge in [0.2, 0.25) is 10.0 Å². The van der Waals surface area contributed by atoms with Gasteiger partial charge in [0.1, 0.15) is 5.75 Å². The Morgan fingerprint density at radius 1 is 1.24 bits per heavy atom. The van der Waals surface area contributed by atoms with Crippen molar-refractivity contribution in [3.63, 3.8) is 0 Å². The van der Waals surface area contributed by atoms with E-state index in [1.54, 1.807) is 18.2 Å². The van der Waals surface area contributed by atoms with Crippen LogP contribution in [0.4, 0.5) is 0 Å². The summed E-state index contributed by atoms with van der Waals surface area (Å²) < 4.78 is 41.9. The van der Waals surface area contributed by atoms with E-state index in [4.69, 9.17) is 9.47 Å². The van der Waals surface area contributed by atoms with Crippen LogP contribution in [0.25, 0.3) is 0 Å². The monoisotopic (exact) mass is 421 g/mol. The normalized spacial score (nSPS) is 16.7. The van der Waals surface area contributed by atoms with E-state index in [1.807, 2.05) is 43.8 Å². The Balaban J connectivity index is 1.75. The number of hydrogen-bond acceptors (Lipinski definition) is 5. The van der Waals surface area contributed by atoms with Crippen molar-refractivity contribution in [1.29, 1.82) is 0 Å². The molecule has 0 amide bonds. The summed E-state index contributed by atoms with van der Waals surface area (Å²) in [6.07, 6.45) is 2.89. The van der Waals surface area contributed by atoms with Crippen LogP contribution in [0, 0.1) is 6.92 Å². The molecule has 1 N–H and O–H groups in total. The number of nitrogens with zero attached hydrogens (tertiary/aromatic N) is 2. The Morgan fingerprint density at radius 2 is 2.00 bits per heavy atom. The SMILES string of the molecule is CCCOc1ccc(S(=O)(=O)NC[C@@H](c2cccn2C)N2CCOCC2)cc1C. The lowest BCUT2D eigenvalue weighted by atomic mass is 10.1. The lowest BCUT2D eigenvalue weighted by Gasteiger charge is -2.34. The van der Waals surface area contributed by atoms with Crippen molar-refractivity contribution < 1.29 is 17.9 Å². The fourth-order valence-electron chi connectivity index (χ4n) is 3.57. The summed E-state index contributed by atoms with van der Waals surface area (Å²) >= 11 is 0. The van der Waals surface area contributed by atoms with Crippen molar-refractivity contribution in [2.45, 2.75) is 31.2 Å². The quantitative estimate of drug-likeness (QED) is 0.673. The van der Waals surface area contributed by atoms with Gasteiger partial charge in [-0.3, -0.25) is 4.90 Å². The van der Waals surface area contributed by atoms with Crippen LogP contribution in [-0.2, 0) is 21.8 Å². The first-order chi connectivity index (χ1) is 13.9. The van der Waals surface area contributed by atoms with E-state index in [2.05, 4.69) is 9.62 Å². The highest BCUT2D eigenvalue weighted by molar-refractivity contribution is 7.89. The number of benzene rings is 1. The Hall–Kier alpha value is -1.87. The lowest BCUT2D eigenvalue weighted by Crippen LogP contribution is -2.44. The van der Waals surface area contributed by atoms with E-state index in [0.717, 1.165) is 36.5 Å². The summed E-state index contributed by atoms with van der Waals surface area (Å²) in [5, 5.41) is 0. The first-order valence-electron chi connectivity index (χ1n) is 10.1. The fraction of sp³-hybridized carbons (Fsp3) is 0.524. The molecule has 1 aliphatic heterocycles. The molecule has 8 heteroatoms. The van der Waals surface area contributed by atoms with Crippen molar-refractivity contribution in [1.82, 2.24) is 14.2 Å². The molecule has 1 saturated heterocycles. The number of sulfonamides is 1. The van der Waals surface area contributed by atoms with Gasteiger partial charge in [0.25, 0.3) is 0 Å². The summed E-state index contributed by atoms with van der Waals surface area (Å²) in [6.45, 7) is 7.69. The molecule has 7 nitrogen and oxygen atoms in total. The standard InChI is InChI=1S/C21H31N3O4S/c1-4-12-28-21-8-7-18(15-17(21)2)29(25,26)22-16-20(19-6-5-9-23(19)3)24-10-13-27-14-11-24/h5-9,15,20,22H,4,10-14,16H2,1-3H3/t20-/m0/s1. The smallest absolute Gasteiger partial charge is 0.240 e. The van der Waals surface area contributed by atoms with Crippen LogP contribution in [0.2, 0.25) is 0 Å². The number of morpholine rings is 1. The summed E-state index contributed by atoms with van der Waals surface area (Å²) in [5.74, 6) is 0.723. The summed E-state index contributed by atoms with van der Waals surface area (Å²) in [6, 6.07) is 8.97. The molecule has 0 saturated carbocycles. The van der Waals surface area contributed by atoms with E-state index in [9.17, 15) is 8.42 Å². The zero-order valence-corrected chi connectivity index (χ0v) is 18.2. The summed E-state index contributed by atoms with van der Waals surface area (Å²) in [7, 11) is -1.65. The molecule has 1 aromatic carbocycles. The van der Waals surface area contributed by atoms with Gasteiger partial charge in [-0.2, -0.15) is 0 Å². The van der Waals surface area contributed by atoms with Crippen molar-refractivity contribution in [3.8, 4) is 5.75 Å². The molecule has 0 unspecified atom stereocenters. The average Bonchev–Trinajstić information content (AvgIpc) is 3.13. The van der Waals surface area contributed by atoms with E-state index < -0.39 is 10.0 Å². The molecule has 0 spiro atoms. The zero-order chi connectivity index (χ0) is 20.9. The molecular weight excluding hydrogens is 390 g/mol. The van der Waals surface area contributed by atoms with Gasteiger partial charge in [0.05, 0.1) is 30.8 Å². The van der Waals surface area contributed by atoms with Crippen LogP contribution in [0.15, 0.2) is 41.4 Å². The number of aryl methyl sites for hydroxylation is 2. The average molecular weight is 422 g/mol. The van der Waals surface area contributed by atoms with E-state index >= 15 is 0 Å². The van der Waals surface area contributed by atoms with Crippen LogP contribution in [0.5, 0.6) is 5.75 Å². The highest BCUT2D eigenvalue weighted by atomic mass is 32.2. The Kier molecular flexibility index (Phi) is 7.34. The number of nitrogens with one attached hydrogen (secondary N) is 1. The predicted molar refractivity (Wildman–Crippen MR) is 113 cm³/mol. The Morgan fingerprint density at radius 3 is 2.62 bits per heavy atom. The van der Waals surface area contributed by atoms with Crippen molar-refractivity contribution in [3.05, 3.63) is 47.8 Å². The van der Waals surface area contributed by atoms with Gasteiger partial charge in [0.15, 0.2) is 0 Å². The molecule has 29 heavy (non-hydrogen) atoms. The third-order valence-electron chi connectivity index (χ3n) is 5.20. The maximum absolute atomic E-state index is 12.9. The topological polar surface area (TPSA) is 72.8 Å². The molecule has 1 aromatic heterocycles. The van der Waals surface area contributed by atoms with Crippen LogP contribution < -0.4 is 9.46 Å². The first-order valence-corrected chi connectivity index (χ1v) is 11.6. The number of ether oxygens (including phenoxy) is 2. The number of hydrogen-bond donors (Lipinski definition) is 1. The fourth-order valence-corrected chi connectivity index (χ4v) is 4.69. The molecule has 0 aliphatic carbocycles. The zero-order valence-electron chi connectivity index (χ0n) is 17.4. The maximum Gasteiger partial charge on any atom is 0.240 e. The summed E-state index contributed by atoms with van der Waals surface area (Å²) in [5.41, 5.74) is 1.89. The molecule has 2 heterocycles. The molecule has 1 atom stereocenters. The lowest BCUT2D eigenvalue weighted by molar-refractivity contribution is 0.0158. The highest BCUT2D eigenvalue weighted by Gasteiger charge is 2.26. The van der Waals surface area contributed by atoms with Gasteiger partial charge in [-0.1, -0.05) is 6.92 Å². The van der Waals surface area contributed by atoms with Crippen LogP contribution in [0.1, 0.15) is 30.6 Å². The van der Waals surface area contributed by atoms with Crippen molar-refractivity contribution >= 4 is 10.0 Å². The van der Waals surface area contributed by atoms with Gasteiger partial charge in [-0.05, 0) is 49.2 Å². The van der Waals surface area contributed by atoms with Gasteiger partial charge in [-0.15, -0.1) is 0 Å². The minimum Gasteiger partial charge on any atom is -0.493 e. The second kappa shape index (κ2) is 9.75. The van der Waals surface area contributed by atoms with Gasteiger partial charge >= 0.3 is 0 Å². The second-order valence-corrected chi connectivity index (χ2v) is 9.10. The van der Waals surface area contributed by atoms with Gasteiger partial charge in [0, 0.05) is 38.6 Å². The Labute approximate surface area is 173 Å². The minimum absolute atomic E-state index is 0.0538. The van der Waals surface area contributed by atoms with Crippen LogP contribution in [-0.4, -0.2) is 57.3 Å². The van der Waals surface area contributed by atoms with E-state index in [0.29, 0.717) is 26.4 Å². The molecule has 1 fully saturated rings. The largest absolute Gasteiger partial charge is 0.493 e. The first kappa shape index (κ1) is 21.8. The molecule has 0 bridgehead atoms. The van der Waals surface area contributed by atoms with Crippen molar-refractivity contribution in [2.75, 3.05) is 39.5 Å². The third kappa shape index (κ3) is 5.39. The predicted octanol–water partition coefficient (Wildman–Crippen LogP) is 2.47. The third-order valence-corrected chi connectivity index (χ3v) is 6.62. The van der Waals surface area contributed by atoms with E-state index in [-0.39, 0.29) is 10.9 Å². The molecule has 1 aliphatic rings. The number of rotatable bonds is 9. The number of aromatic nitrogens is 1. The maximum atomic E-state index is 12.9. The van der Waals surface area contributed by atoms with Crippen molar-refractivity contribution in [2.24, 2.45) is 7.05 Å². The molecule has 0 radical (unpaired) electrons. The van der Waals surface area contributed by atoms with Crippen LogP contribution >= 0.6 is 0 Å². The minimum atomic E-state index is -3.63. The van der Waals surface area contributed by atoms with Gasteiger partial charge < -0.3 is 14.0 Å².